The summed E-state index contributed by atoms with van der Waals surface area (Å²) in [5.74, 6) is 7.78. The van der Waals surface area contributed by atoms with Crippen LogP contribution in [0.15, 0.2) is 41.3 Å². The van der Waals surface area contributed by atoms with Crippen LogP contribution in [0.3, 0.4) is 0 Å². The van der Waals surface area contributed by atoms with Crippen molar-refractivity contribution >= 4 is 23.1 Å². The predicted octanol–water partition coefficient (Wildman–Crippen LogP) is 3.36. The van der Waals surface area contributed by atoms with Gasteiger partial charge in [0, 0.05) is 15.5 Å². The summed E-state index contributed by atoms with van der Waals surface area (Å²) in [6.07, 6.45) is 0. The molecule has 19 heavy (non-hydrogen) atoms. The Morgan fingerprint density at radius 3 is 2.89 bits per heavy atom. The lowest BCUT2D eigenvalue weighted by Gasteiger charge is -2.06. The summed E-state index contributed by atoms with van der Waals surface area (Å²) in [6.45, 7) is 0.406. The monoisotopic (exact) mass is 289 g/mol. The summed E-state index contributed by atoms with van der Waals surface area (Å²) < 4.78 is 5.34. The van der Waals surface area contributed by atoms with Crippen molar-refractivity contribution in [3.05, 3.63) is 46.2 Å². The van der Waals surface area contributed by atoms with Crippen molar-refractivity contribution in [3.8, 4) is 17.6 Å². The molecule has 0 fully saturated rings. The average Bonchev–Trinajstić information content (AvgIpc) is 2.91. The predicted molar refractivity (Wildman–Crippen MR) is 82.8 cm³/mol. The Labute approximate surface area is 122 Å². The highest BCUT2D eigenvalue weighted by molar-refractivity contribution is 7.98. The van der Waals surface area contributed by atoms with Gasteiger partial charge in [0.2, 0.25) is 0 Å². The van der Waals surface area contributed by atoms with E-state index in [1.807, 2.05) is 24.3 Å². The molecule has 0 spiro atoms. The second-order valence-corrected chi connectivity index (χ2v) is 5.90. The number of thiophene rings is 1. The number of benzene rings is 1. The van der Waals surface area contributed by atoms with E-state index in [0.717, 1.165) is 21.3 Å². The van der Waals surface area contributed by atoms with E-state index in [1.54, 1.807) is 30.2 Å². The van der Waals surface area contributed by atoms with Crippen LogP contribution in [0.25, 0.3) is 0 Å². The van der Waals surface area contributed by atoms with Crippen molar-refractivity contribution < 1.29 is 4.74 Å². The third kappa shape index (κ3) is 4.03. The van der Waals surface area contributed by atoms with Crippen molar-refractivity contribution in [2.24, 2.45) is 5.73 Å². The number of thioether (sulfide) groups is 1. The Morgan fingerprint density at radius 1 is 1.26 bits per heavy atom. The van der Waals surface area contributed by atoms with Crippen LogP contribution in [0.2, 0.25) is 0 Å². The van der Waals surface area contributed by atoms with Gasteiger partial charge in [-0.2, -0.15) is 0 Å². The second-order valence-electron chi connectivity index (χ2n) is 3.71. The highest BCUT2D eigenvalue weighted by Crippen LogP contribution is 2.32. The molecule has 4 heteroatoms. The molecular formula is C15H15NOS2. The fourth-order valence-corrected chi connectivity index (χ4v) is 3.50. The minimum absolute atomic E-state index is 0.406. The number of hydrogen-bond donors (Lipinski definition) is 1. The smallest absolute Gasteiger partial charge is 0.132 e. The van der Waals surface area contributed by atoms with Gasteiger partial charge in [-0.25, -0.2) is 0 Å². The van der Waals surface area contributed by atoms with Gasteiger partial charge in [0.25, 0.3) is 0 Å². The van der Waals surface area contributed by atoms with Gasteiger partial charge < -0.3 is 10.5 Å². The summed E-state index contributed by atoms with van der Waals surface area (Å²) in [6, 6.07) is 12.2. The van der Waals surface area contributed by atoms with Crippen LogP contribution in [-0.2, 0) is 5.75 Å². The lowest BCUT2D eigenvalue weighted by Crippen LogP contribution is -1.92. The molecule has 0 aliphatic rings. The zero-order valence-electron chi connectivity index (χ0n) is 10.7. The average molecular weight is 289 g/mol. The summed E-state index contributed by atoms with van der Waals surface area (Å²) >= 11 is 3.49. The Kier molecular flexibility index (Phi) is 5.34. The molecule has 2 nitrogen and oxygen atoms in total. The van der Waals surface area contributed by atoms with Crippen LogP contribution in [0.4, 0.5) is 0 Å². The second kappa shape index (κ2) is 7.25. The molecule has 1 aromatic carbocycles. The maximum absolute atomic E-state index is 5.36. The Bertz CT molecular complexity index is 595. The quantitative estimate of drug-likeness (QED) is 0.692. The van der Waals surface area contributed by atoms with Gasteiger partial charge in [-0.3, -0.25) is 0 Å². The van der Waals surface area contributed by atoms with Crippen molar-refractivity contribution in [2.45, 2.75) is 10.6 Å². The van der Waals surface area contributed by atoms with Crippen molar-refractivity contribution in [2.75, 3.05) is 13.7 Å². The van der Waals surface area contributed by atoms with E-state index in [0.29, 0.717) is 6.54 Å². The lowest BCUT2D eigenvalue weighted by molar-refractivity contribution is 0.405. The Balaban J connectivity index is 2.00. The van der Waals surface area contributed by atoms with Gasteiger partial charge in [0.15, 0.2) is 0 Å². The van der Waals surface area contributed by atoms with E-state index in [1.165, 1.54) is 4.88 Å². The number of para-hydroxylation sites is 1. The SMILES string of the molecule is COc1ccccc1SCc1ccc(C#CCN)s1. The molecule has 1 aromatic heterocycles. The summed E-state index contributed by atoms with van der Waals surface area (Å²) in [5.41, 5.74) is 5.36. The largest absolute Gasteiger partial charge is 0.496 e. The number of ether oxygens (including phenoxy) is 1. The topological polar surface area (TPSA) is 35.2 Å². The third-order valence-corrected chi connectivity index (χ3v) is 4.70. The first-order valence-electron chi connectivity index (χ1n) is 5.87. The van der Waals surface area contributed by atoms with Crippen LogP contribution in [0.1, 0.15) is 9.75 Å². The van der Waals surface area contributed by atoms with Crippen LogP contribution < -0.4 is 10.5 Å². The molecule has 0 saturated carbocycles. The van der Waals surface area contributed by atoms with E-state index in [2.05, 4.69) is 24.0 Å². The molecule has 0 amide bonds. The van der Waals surface area contributed by atoms with Gasteiger partial charge in [-0.05, 0) is 24.3 Å². The maximum atomic E-state index is 5.36. The van der Waals surface area contributed by atoms with Crippen LogP contribution >= 0.6 is 23.1 Å². The van der Waals surface area contributed by atoms with E-state index in [9.17, 15) is 0 Å². The van der Waals surface area contributed by atoms with Crippen molar-refractivity contribution in [1.29, 1.82) is 0 Å². The fourth-order valence-electron chi connectivity index (χ4n) is 1.55. The summed E-state index contributed by atoms with van der Waals surface area (Å²) in [7, 11) is 1.70. The number of nitrogens with two attached hydrogens (primary N) is 1. The van der Waals surface area contributed by atoms with E-state index < -0.39 is 0 Å². The standard InChI is InChI=1S/C15H15NOS2/c1-17-14-6-2-3-7-15(14)18-11-13-9-8-12(19-13)5-4-10-16/h2-3,6-9H,10-11,16H2,1H3. The molecule has 0 aliphatic carbocycles. The van der Waals surface area contributed by atoms with Gasteiger partial charge in [-0.1, -0.05) is 24.0 Å². The number of hydrogen-bond acceptors (Lipinski definition) is 4. The van der Waals surface area contributed by atoms with Crippen LogP contribution in [-0.4, -0.2) is 13.7 Å². The van der Waals surface area contributed by atoms with Gasteiger partial charge in [-0.15, -0.1) is 23.1 Å². The molecular weight excluding hydrogens is 274 g/mol. The molecule has 2 N–H and O–H groups in total. The molecule has 1 heterocycles. The minimum Gasteiger partial charge on any atom is -0.496 e. The Hall–Kier alpha value is -1.41. The van der Waals surface area contributed by atoms with Gasteiger partial charge in [0.05, 0.1) is 18.5 Å². The molecule has 2 rings (SSSR count). The minimum atomic E-state index is 0.406. The molecule has 2 aromatic rings. The zero-order valence-corrected chi connectivity index (χ0v) is 12.3. The summed E-state index contributed by atoms with van der Waals surface area (Å²) in [5, 5.41) is 0. The fraction of sp³-hybridized carbons (Fsp3) is 0.200. The number of rotatable bonds is 4. The normalized spacial score (nSPS) is 9.79. The molecule has 0 radical (unpaired) electrons. The maximum Gasteiger partial charge on any atom is 0.132 e. The van der Waals surface area contributed by atoms with Crippen molar-refractivity contribution in [3.63, 3.8) is 0 Å². The number of methoxy groups -OCH3 is 1. The molecule has 98 valence electrons. The third-order valence-electron chi connectivity index (χ3n) is 2.41. The lowest BCUT2D eigenvalue weighted by atomic mass is 10.3. The molecule has 0 aliphatic heterocycles. The molecule has 0 atom stereocenters. The first-order valence-corrected chi connectivity index (χ1v) is 7.67. The molecule has 0 bridgehead atoms. The highest BCUT2D eigenvalue weighted by Gasteiger charge is 2.04. The van der Waals surface area contributed by atoms with Crippen LogP contribution in [0, 0.1) is 11.8 Å². The Morgan fingerprint density at radius 2 is 2.11 bits per heavy atom. The van der Waals surface area contributed by atoms with Gasteiger partial charge >= 0.3 is 0 Å². The molecule has 0 saturated heterocycles. The van der Waals surface area contributed by atoms with E-state index >= 15 is 0 Å². The van der Waals surface area contributed by atoms with Gasteiger partial charge in [0.1, 0.15) is 5.75 Å². The van der Waals surface area contributed by atoms with Crippen LogP contribution in [0.5, 0.6) is 5.75 Å². The summed E-state index contributed by atoms with van der Waals surface area (Å²) in [4.78, 5) is 3.53. The van der Waals surface area contributed by atoms with E-state index in [-0.39, 0.29) is 0 Å². The first-order chi connectivity index (χ1) is 9.33. The van der Waals surface area contributed by atoms with Crippen molar-refractivity contribution in [1.82, 2.24) is 0 Å². The highest BCUT2D eigenvalue weighted by atomic mass is 32.2. The first kappa shape index (κ1) is 14.0. The van der Waals surface area contributed by atoms with E-state index in [4.69, 9.17) is 10.5 Å². The zero-order chi connectivity index (χ0) is 13.5. The molecule has 0 unspecified atom stereocenters.